The Balaban J connectivity index is 3.01. The van der Waals surface area contributed by atoms with Gasteiger partial charge in [-0.05, 0) is 6.26 Å². The van der Waals surface area contributed by atoms with E-state index < -0.39 is 5.91 Å². The lowest BCUT2D eigenvalue weighted by molar-refractivity contribution is 0.0994. The first kappa shape index (κ1) is 7.93. The van der Waals surface area contributed by atoms with Gasteiger partial charge >= 0.3 is 0 Å². The molecule has 0 bridgehead atoms. The molecule has 0 aromatic carbocycles. The van der Waals surface area contributed by atoms with E-state index in [1.54, 1.807) is 6.26 Å². The number of thioether (sulfide) groups is 1. The molecule has 1 amide bonds. The first-order chi connectivity index (χ1) is 5.24. The highest BCUT2D eigenvalue weighted by Crippen LogP contribution is 2.05. The van der Waals surface area contributed by atoms with Crippen LogP contribution in [-0.4, -0.2) is 27.3 Å². The van der Waals surface area contributed by atoms with E-state index in [1.165, 1.54) is 18.0 Å². The van der Waals surface area contributed by atoms with Crippen LogP contribution in [0.5, 0.6) is 0 Å². The molecule has 0 unspecified atom stereocenters. The third-order valence-corrected chi connectivity index (χ3v) is 1.51. The SMILES string of the molecule is CSc1nncc(C(N)=O)n1. The van der Waals surface area contributed by atoms with E-state index in [4.69, 9.17) is 5.73 Å². The third kappa shape index (κ3) is 1.87. The molecule has 0 radical (unpaired) electrons. The van der Waals surface area contributed by atoms with Crippen molar-refractivity contribution in [2.45, 2.75) is 5.16 Å². The predicted molar refractivity (Wildman–Crippen MR) is 40.1 cm³/mol. The van der Waals surface area contributed by atoms with Crippen LogP contribution in [0.1, 0.15) is 10.5 Å². The lowest BCUT2D eigenvalue weighted by Crippen LogP contribution is -2.14. The summed E-state index contributed by atoms with van der Waals surface area (Å²) in [5, 5.41) is 7.62. The van der Waals surface area contributed by atoms with Gasteiger partial charge in [0.05, 0.1) is 6.20 Å². The fourth-order valence-corrected chi connectivity index (χ4v) is 0.811. The van der Waals surface area contributed by atoms with Gasteiger partial charge < -0.3 is 5.73 Å². The monoisotopic (exact) mass is 170 g/mol. The number of hydrogen-bond acceptors (Lipinski definition) is 5. The summed E-state index contributed by atoms with van der Waals surface area (Å²) in [6, 6.07) is 0. The van der Waals surface area contributed by atoms with Crippen LogP contribution < -0.4 is 5.73 Å². The number of amides is 1. The van der Waals surface area contributed by atoms with Crippen molar-refractivity contribution < 1.29 is 4.79 Å². The van der Waals surface area contributed by atoms with E-state index >= 15 is 0 Å². The molecule has 0 aliphatic rings. The fourth-order valence-electron chi connectivity index (χ4n) is 0.492. The number of rotatable bonds is 2. The second kappa shape index (κ2) is 3.29. The van der Waals surface area contributed by atoms with Crippen molar-refractivity contribution in [3.63, 3.8) is 0 Å². The summed E-state index contributed by atoms with van der Waals surface area (Å²) in [5.74, 6) is -0.588. The topological polar surface area (TPSA) is 81.8 Å². The highest BCUT2D eigenvalue weighted by molar-refractivity contribution is 7.98. The van der Waals surface area contributed by atoms with Crippen molar-refractivity contribution in [3.05, 3.63) is 11.9 Å². The molecule has 1 rings (SSSR count). The average molecular weight is 170 g/mol. The lowest BCUT2D eigenvalue weighted by Gasteiger charge is -1.94. The lowest BCUT2D eigenvalue weighted by atomic mass is 10.5. The van der Waals surface area contributed by atoms with Crippen LogP contribution in [0.25, 0.3) is 0 Å². The van der Waals surface area contributed by atoms with Gasteiger partial charge in [-0.25, -0.2) is 4.98 Å². The summed E-state index contributed by atoms with van der Waals surface area (Å²) in [5.41, 5.74) is 5.10. The highest BCUT2D eigenvalue weighted by Gasteiger charge is 2.03. The zero-order valence-corrected chi connectivity index (χ0v) is 6.63. The zero-order chi connectivity index (χ0) is 8.27. The minimum Gasteiger partial charge on any atom is -0.364 e. The maximum absolute atomic E-state index is 10.6. The molecular weight excluding hydrogens is 164 g/mol. The molecule has 1 heterocycles. The highest BCUT2D eigenvalue weighted by atomic mass is 32.2. The van der Waals surface area contributed by atoms with Gasteiger partial charge in [-0.3, -0.25) is 4.79 Å². The maximum Gasteiger partial charge on any atom is 0.269 e. The molecule has 58 valence electrons. The number of carbonyl (C=O) groups excluding carboxylic acids is 1. The average Bonchev–Trinajstić information content (AvgIpc) is 2.05. The molecule has 2 N–H and O–H groups in total. The Kier molecular flexibility index (Phi) is 2.37. The zero-order valence-electron chi connectivity index (χ0n) is 5.81. The second-order valence-electron chi connectivity index (χ2n) is 1.69. The number of aromatic nitrogens is 3. The number of nitrogens with zero attached hydrogens (tertiary/aromatic N) is 3. The molecular formula is C5H6N4OS. The van der Waals surface area contributed by atoms with Crippen LogP contribution in [0, 0.1) is 0 Å². The summed E-state index contributed by atoms with van der Waals surface area (Å²) < 4.78 is 0. The van der Waals surface area contributed by atoms with E-state index in [2.05, 4.69) is 15.2 Å². The fraction of sp³-hybridized carbons (Fsp3) is 0.200. The van der Waals surface area contributed by atoms with E-state index in [0.29, 0.717) is 5.16 Å². The van der Waals surface area contributed by atoms with Crippen molar-refractivity contribution in [1.82, 2.24) is 15.2 Å². The molecule has 0 spiro atoms. The van der Waals surface area contributed by atoms with Gasteiger partial charge in [0, 0.05) is 0 Å². The number of primary amides is 1. The van der Waals surface area contributed by atoms with Gasteiger partial charge in [0.1, 0.15) is 0 Å². The Morgan fingerprint density at radius 3 is 3.00 bits per heavy atom. The van der Waals surface area contributed by atoms with Gasteiger partial charge in [0.25, 0.3) is 5.91 Å². The summed E-state index contributed by atoms with van der Waals surface area (Å²) in [6.45, 7) is 0. The number of carbonyl (C=O) groups is 1. The van der Waals surface area contributed by atoms with Gasteiger partial charge in [-0.2, -0.15) is 5.10 Å². The van der Waals surface area contributed by atoms with Crippen LogP contribution in [0.15, 0.2) is 11.4 Å². The Hall–Kier alpha value is -1.17. The van der Waals surface area contributed by atoms with Crippen LogP contribution in [0.2, 0.25) is 0 Å². The Bertz CT molecular complexity index is 277. The molecule has 0 fully saturated rings. The van der Waals surface area contributed by atoms with Crippen LogP contribution >= 0.6 is 11.8 Å². The molecule has 0 saturated carbocycles. The summed E-state index contributed by atoms with van der Waals surface area (Å²) in [4.78, 5) is 14.4. The van der Waals surface area contributed by atoms with Crippen LogP contribution in [-0.2, 0) is 0 Å². The van der Waals surface area contributed by atoms with Crippen molar-refractivity contribution >= 4 is 17.7 Å². The van der Waals surface area contributed by atoms with E-state index in [1.807, 2.05) is 0 Å². The van der Waals surface area contributed by atoms with Gasteiger partial charge in [0.15, 0.2) is 5.69 Å². The standard InChI is InChI=1S/C5H6N4OS/c1-11-5-8-3(4(6)10)2-7-9-5/h2H,1H3,(H2,6,10). The summed E-state index contributed by atoms with van der Waals surface area (Å²) >= 11 is 1.31. The van der Waals surface area contributed by atoms with Gasteiger partial charge in [-0.15, -0.1) is 5.10 Å². The first-order valence-electron chi connectivity index (χ1n) is 2.77. The predicted octanol–water partition coefficient (Wildman–Crippen LogP) is -0.308. The van der Waals surface area contributed by atoms with Gasteiger partial charge in [0.2, 0.25) is 5.16 Å². The molecule has 0 aliphatic carbocycles. The normalized spacial score (nSPS) is 9.55. The Labute approximate surface area is 67.4 Å². The molecule has 0 aliphatic heterocycles. The first-order valence-corrected chi connectivity index (χ1v) is 4.00. The van der Waals surface area contributed by atoms with E-state index in [9.17, 15) is 4.79 Å². The van der Waals surface area contributed by atoms with Crippen molar-refractivity contribution in [1.29, 1.82) is 0 Å². The maximum atomic E-state index is 10.6. The largest absolute Gasteiger partial charge is 0.364 e. The molecule has 0 saturated heterocycles. The number of hydrogen-bond donors (Lipinski definition) is 1. The number of nitrogens with two attached hydrogens (primary N) is 1. The molecule has 0 atom stereocenters. The minimum atomic E-state index is -0.588. The molecule has 11 heavy (non-hydrogen) atoms. The van der Waals surface area contributed by atoms with Gasteiger partial charge in [-0.1, -0.05) is 11.8 Å². The van der Waals surface area contributed by atoms with Crippen molar-refractivity contribution in [2.24, 2.45) is 5.73 Å². The quantitative estimate of drug-likeness (QED) is 0.616. The van der Waals surface area contributed by atoms with E-state index in [-0.39, 0.29) is 5.69 Å². The van der Waals surface area contributed by atoms with Crippen molar-refractivity contribution in [3.8, 4) is 0 Å². The van der Waals surface area contributed by atoms with Crippen LogP contribution in [0.3, 0.4) is 0 Å². The van der Waals surface area contributed by atoms with Crippen LogP contribution in [0.4, 0.5) is 0 Å². The molecule has 5 nitrogen and oxygen atoms in total. The van der Waals surface area contributed by atoms with Crippen molar-refractivity contribution in [2.75, 3.05) is 6.26 Å². The second-order valence-corrected chi connectivity index (χ2v) is 2.47. The molecule has 1 aromatic rings. The molecule has 6 heteroatoms. The third-order valence-electron chi connectivity index (χ3n) is 0.974. The minimum absolute atomic E-state index is 0.143. The smallest absolute Gasteiger partial charge is 0.269 e. The van der Waals surface area contributed by atoms with E-state index in [0.717, 1.165) is 0 Å². The Morgan fingerprint density at radius 2 is 2.45 bits per heavy atom. The summed E-state index contributed by atoms with van der Waals surface area (Å²) in [7, 11) is 0. The Morgan fingerprint density at radius 1 is 1.73 bits per heavy atom. The summed E-state index contributed by atoms with van der Waals surface area (Å²) in [6.07, 6.45) is 3.03. The molecule has 1 aromatic heterocycles.